The molecular weight excluding hydrogens is 292 g/mol. The maximum absolute atomic E-state index is 12.1. The van der Waals surface area contributed by atoms with E-state index in [0.717, 1.165) is 12.8 Å². The maximum atomic E-state index is 12.1. The molecule has 0 bridgehead atoms. The molecule has 2 saturated heterocycles. The lowest BCUT2D eigenvalue weighted by molar-refractivity contribution is -0.479. The number of hydrogen-bond donors (Lipinski definition) is 3. The summed E-state index contributed by atoms with van der Waals surface area (Å²) >= 11 is 0. The van der Waals surface area contributed by atoms with Gasteiger partial charge in [0.2, 0.25) is 0 Å². The molecule has 2 aliphatic carbocycles. The second-order valence-electron chi connectivity index (χ2n) is 6.87. The van der Waals surface area contributed by atoms with E-state index in [1.807, 2.05) is 0 Å². The largest absolute Gasteiger partial charge is 0.393 e. The molecule has 0 aromatic carbocycles. The number of aliphatic hydroxyl groups excluding tert-OH is 1. The molecule has 4 aliphatic rings. The van der Waals surface area contributed by atoms with Crippen LogP contribution in [-0.4, -0.2) is 43.9 Å². The van der Waals surface area contributed by atoms with Gasteiger partial charge in [-0.1, -0.05) is 0 Å². The molecule has 0 radical (unpaired) electrons. The van der Waals surface area contributed by atoms with Gasteiger partial charge in [0.25, 0.3) is 5.56 Å². The van der Waals surface area contributed by atoms with Crippen molar-refractivity contribution in [3.63, 3.8) is 0 Å². The van der Waals surface area contributed by atoms with Crippen LogP contribution in [0.1, 0.15) is 24.6 Å². The third kappa shape index (κ3) is 1.02. The summed E-state index contributed by atoms with van der Waals surface area (Å²) in [7, 11) is 0. The Labute approximate surface area is 124 Å². The lowest BCUT2D eigenvalue weighted by Gasteiger charge is -2.68. The Hall–Kier alpha value is -1.48. The number of nitrogens with zero attached hydrogens (tertiary/aromatic N) is 1. The molecule has 118 valence electrons. The summed E-state index contributed by atoms with van der Waals surface area (Å²) in [5, 5.41) is 20.5. The fraction of sp³-hybridized carbons (Fsp3) is 0.714. The lowest BCUT2D eigenvalue weighted by Crippen LogP contribution is -2.85. The molecule has 22 heavy (non-hydrogen) atoms. The van der Waals surface area contributed by atoms with E-state index in [4.69, 9.17) is 9.47 Å². The van der Waals surface area contributed by atoms with Crippen LogP contribution in [0.25, 0.3) is 0 Å². The van der Waals surface area contributed by atoms with Gasteiger partial charge >= 0.3 is 5.69 Å². The molecular formula is C14H16N2O6. The van der Waals surface area contributed by atoms with Crippen LogP contribution in [0.4, 0.5) is 0 Å². The van der Waals surface area contributed by atoms with Crippen LogP contribution >= 0.6 is 0 Å². The first-order chi connectivity index (χ1) is 10.4. The Morgan fingerprint density at radius 2 is 2.14 bits per heavy atom. The van der Waals surface area contributed by atoms with Crippen LogP contribution in [0.2, 0.25) is 0 Å². The molecule has 5 atom stereocenters. The van der Waals surface area contributed by atoms with E-state index in [9.17, 15) is 19.8 Å². The standard InChI is InChI=1S/C14H16N2O6/c1-6-4-16(11(19)15-9(6)18)10-7-8-13(5-17,22-10)12(2-3-12)14(8,20)21-7/h4,7-8,10,17,20H,2-3,5H2,1H3,(H,15,18,19)/t7?,8?,10-,13-,14?/m1/s1. The number of rotatable bonds is 2. The van der Waals surface area contributed by atoms with E-state index < -0.39 is 40.4 Å². The Bertz CT molecular complexity index is 810. The van der Waals surface area contributed by atoms with E-state index in [2.05, 4.69) is 4.98 Å². The second kappa shape index (κ2) is 3.38. The lowest BCUT2D eigenvalue weighted by atomic mass is 9.49. The minimum Gasteiger partial charge on any atom is -0.393 e. The fourth-order valence-corrected chi connectivity index (χ4v) is 4.89. The molecule has 2 aliphatic heterocycles. The van der Waals surface area contributed by atoms with Gasteiger partial charge in [0, 0.05) is 11.8 Å². The van der Waals surface area contributed by atoms with Crippen molar-refractivity contribution in [2.75, 3.05) is 6.61 Å². The maximum Gasteiger partial charge on any atom is 0.330 e. The monoisotopic (exact) mass is 308 g/mol. The number of aromatic nitrogens is 2. The van der Waals surface area contributed by atoms with E-state index in [1.54, 1.807) is 6.92 Å². The molecule has 2 saturated carbocycles. The van der Waals surface area contributed by atoms with Gasteiger partial charge in [-0.25, -0.2) is 4.79 Å². The Morgan fingerprint density at radius 3 is 2.77 bits per heavy atom. The third-order valence-corrected chi connectivity index (χ3v) is 6.08. The highest BCUT2D eigenvalue weighted by Crippen LogP contribution is 2.84. The van der Waals surface area contributed by atoms with Crippen molar-refractivity contribution in [3.8, 4) is 0 Å². The van der Waals surface area contributed by atoms with Crippen molar-refractivity contribution in [2.45, 2.75) is 43.5 Å². The Kier molecular flexibility index (Phi) is 2.00. The molecule has 4 fully saturated rings. The van der Waals surface area contributed by atoms with E-state index in [0.29, 0.717) is 5.56 Å². The average Bonchev–Trinajstić information content (AvgIpc) is 3.25. The number of H-pyrrole nitrogens is 1. The summed E-state index contributed by atoms with van der Waals surface area (Å²) in [6.07, 6.45) is 1.66. The zero-order valence-electron chi connectivity index (χ0n) is 11.9. The van der Waals surface area contributed by atoms with Gasteiger partial charge in [0.1, 0.15) is 11.7 Å². The van der Waals surface area contributed by atoms with Gasteiger partial charge < -0.3 is 19.7 Å². The van der Waals surface area contributed by atoms with Crippen LogP contribution in [0.15, 0.2) is 15.8 Å². The first kappa shape index (κ1) is 13.0. The molecule has 0 amide bonds. The van der Waals surface area contributed by atoms with Gasteiger partial charge in [-0.15, -0.1) is 0 Å². The number of hydrogen-bond acceptors (Lipinski definition) is 6. The molecule has 3 N–H and O–H groups in total. The molecule has 1 aromatic rings. The molecule has 5 rings (SSSR count). The third-order valence-electron chi connectivity index (χ3n) is 6.08. The van der Waals surface area contributed by atoms with Gasteiger partial charge in [0.15, 0.2) is 12.0 Å². The summed E-state index contributed by atoms with van der Waals surface area (Å²) in [6, 6.07) is 0. The summed E-state index contributed by atoms with van der Waals surface area (Å²) in [5.74, 6) is -1.58. The van der Waals surface area contributed by atoms with Crippen molar-refractivity contribution in [1.29, 1.82) is 0 Å². The number of fused-ring (bicyclic) bond motifs is 2. The quantitative estimate of drug-likeness (QED) is 0.619. The van der Waals surface area contributed by atoms with E-state index in [-0.39, 0.29) is 12.5 Å². The number of aromatic amines is 1. The molecule has 3 unspecified atom stereocenters. The average molecular weight is 308 g/mol. The van der Waals surface area contributed by atoms with Crippen molar-refractivity contribution < 1.29 is 19.7 Å². The number of aliphatic hydroxyl groups is 2. The van der Waals surface area contributed by atoms with Gasteiger partial charge in [-0.2, -0.15) is 0 Å². The van der Waals surface area contributed by atoms with Crippen LogP contribution in [0.3, 0.4) is 0 Å². The van der Waals surface area contributed by atoms with Crippen molar-refractivity contribution >= 4 is 0 Å². The predicted molar refractivity (Wildman–Crippen MR) is 71.0 cm³/mol. The molecule has 1 aromatic heterocycles. The van der Waals surface area contributed by atoms with Crippen molar-refractivity contribution in [2.24, 2.45) is 11.3 Å². The highest BCUT2D eigenvalue weighted by atomic mass is 16.7. The first-order valence-electron chi connectivity index (χ1n) is 7.41. The zero-order chi connectivity index (χ0) is 15.5. The summed E-state index contributed by atoms with van der Waals surface area (Å²) < 4.78 is 13.0. The Balaban J connectivity index is 1.62. The Morgan fingerprint density at radius 1 is 1.41 bits per heavy atom. The highest BCUT2D eigenvalue weighted by molar-refractivity contribution is 5.38. The summed E-state index contributed by atoms with van der Waals surface area (Å²) in [4.78, 5) is 25.8. The SMILES string of the molecule is Cc1cn([C@@H]2O[C@]3(CO)C4C2OC4(O)C32CC2)c(=O)[nH]c1=O. The zero-order valence-corrected chi connectivity index (χ0v) is 11.9. The van der Waals surface area contributed by atoms with E-state index >= 15 is 0 Å². The molecule has 3 heterocycles. The van der Waals surface area contributed by atoms with Gasteiger partial charge in [-0.3, -0.25) is 14.3 Å². The van der Waals surface area contributed by atoms with Crippen LogP contribution in [0.5, 0.6) is 0 Å². The molecule has 8 heteroatoms. The van der Waals surface area contributed by atoms with Crippen LogP contribution < -0.4 is 11.2 Å². The number of aryl methyl sites for hydroxylation is 1. The van der Waals surface area contributed by atoms with Crippen LogP contribution in [0, 0.1) is 18.3 Å². The molecule has 8 nitrogen and oxygen atoms in total. The van der Waals surface area contributed by atoms with E-state index in [1.165, 1.54) is 10.8 Å². The first-order valence-corrected chi connectivity index (χ1v) is 7.41. The topological polar surface area (TPSA) is 114 Å². The predicted octanol–water partition coefficient (Wildman–Crippen LogP) is -1.40. The van der Waals surface area contributed by atoms with Crippen molar-refractivity contribution in [1.82, 2.24) is 9.55 Å². The highest BCUT2D eigenvalue weighted by Gasteiger charge is 2.96. The number of nitrogens with one attached hydrogen (secondary N) is 1. The minimum absolute atomic E-state index is 0.215. The molecule has 1 spiro atoms. The second-order valence-corrected chi connectivity index (χ2v) is 6.87. The number of ether oxygens (including phenoxy) is 2. The minimum atomic E-state index is -1.24. The van der Waals surface area contributed by atoms with Crippen LogP contribution in [-0.2, 0) is 9.47 Å². The fourth-order valence-electron chi connectivity index (χ4n) is 4.89. The van der Waals surface area contributed by atoms with Gasteiger partial charge in [-0.05, 0) is 19.8 Å². The summed E-state index contributed by atoms with van der Waals surface area (Å²) in [6.45, 7) is 1.38. The van der Waals surface area contributed by atoms with Crippen molar-refractivity contribution in [3.05, 3.63) is 32.6 Å². The normalized spacial score (nSPS) is 46.0. The van der Waals surface area contributed by atoms with Gasteiger partial charge in [0.05, 0.1) is 17.9 Å². The smallest absolute Gasteiger partial charge is 0.330 e. The summed E-state index contributed by atoms with van der Waals surface area (Å²) in [5.41, 5.74) is -2.04.